The Bertz CT molecular complexity index is 1460. The van der Waals surface area contributed by atoms with Crippen molar-refractivity contribution < 1.29 is 13.2 Å². The van der Waals surface area contributed by atoms with E-state index in [1.807, 2.05) is 47.6 Å². The number of carbonyl (C=O) groups is 1. The number of hydrogen-bond donors (Lipinski definition) is 2. The highest BCUT2D eigenvalue weighted by Gasteiger charge is 2.21. The Labute approximate surface area is 249 Å². The van der Waals surface area contributed by atoms with E-state index in [0.29, 0.717) is 39.5 Å². The second-order valence-corrected chi connectivity index (χ2v) is 13.5. The van der Waals surface area contributed by atoms with Gasteiger partial charge in [-0.05, 0) is 35.9 Å². The lowest BCUT2D eigenvalue weighted by molar-refractivity contribution is 0.213. The number of thioether (sulfide) groups is 1. The molecule has 2 N–H and O–H groups in total. The van der Waals surface area contributed by atoms with Crippen LogP contribution in [-0.4, -0.2) is 55.7 Å². The normalized spacial score (nSPS) is 11.4. The van der Waals surface area contributed by atoms with Gasteiger partial charge in [0.1, 0.15) is 10.0 Å². The Balaban J connectivity index is 1.47. The molecule has 2 amide bonds. The van der Waals surface area contributed by atoms with E-state index in [1.165, 1.54) is 22.5 Å². The van der Waals surface area contributed by atoms with Crippen molar-refractivity contribution in [2.75, 3.05) is 41.4 Å². The maximum absolute atomic E-state index is 13.4. The zero-order valence-corrected chi connectivity index (χ0v) is 25.4. The summed E-state index contributed by atoms with van der Waals surface area (Å²) in [5.74, 6) is 0.972. The van der Waals surface area contributed by atoms with Crippen molar-refractivity contribution in [3.63, 3.8) is 0 Å². The number of nitrogens with one attached hydrogen (secondary N) is 2. The SMILES string of the molecule is CSCCN(CCC(c1ccccc1)c1ccccc1)C(=O)Nc1nc(-c2ccc(NS(C)(=O)=O)cc2)c(Cl)s1. The van der Waals surface area contributed by atoms with E-state index in [9.17, 15) is 13.2 Å². The van der Waals surface area contributed by atoms with Crippen molar-refractivity contribution in [2.45, 2.75) is 12.3 Å². The minimum atomic E-state index is -3.37. The lowest BCUT2D eigenvalue weighted by Crippen LogP contribution is -2.38. The number of sulfonamides is 1. The highest BCUT2D eigenvalue weighted by Crippen LogP contribution is 2.36. The highest BCUT2D eigenvalue weighted by molar-refractivity contribution is 7.98. The molecule has 0 saturated heterocycles. The first kappa shape index (κ1) is 29.9. The lowest BCUT2D eigenvalue weighted by Gasteiger charge is -2.26. The Morgan fingerprint density at radius 1 is 0.975 bits per heavy atom. The number of nitrogens with zero attached hydrogens (tertiary/aromatic N) is 2. The second kappa shape index (κ2) is 14.0. The predicted molar refractivity (Wildman–Crippen MR) is 169 cm³/mol. The van der Waals surface area contributed by atoms with Crippen LogP contribution in [0.3, 0.4) is 0 Å². The van der Waals surface area contributed by atoms with Crippen molar-refractivity contribution in [1.29, 1.82) is 0 Å². The average molecular weight is 615 g/mol. The molecule has 4 rings (SSSR count). The van der Waals surface area contributed by atoms with Gasteiger partial charge in [0, 0.05) is 36.0 Å². The molecule has 1 heterocycles. The Morgan fingerprint density at radius 3 is 2.12 bits per heavy atom. The Kier molecular flexibility index (Phi) is 10.5. The molecule has 0 bridgehead atoms. The first-order valence-electron chi connectivity index (χ1n) is 12.6. The molecular formula is C29H31ClN4O3S3. The molecule has 210 valence electrons. The van der Waals surface area contributed by atoms with E-state index in [4.69, 9.17) is 11.6 Å². The van der Waals surface area contributed by atoms with Crippen molar-refractivity contribution in [1.82, 2.24) is 9.88 Å². The van der Waals surface area contributed by atoms with Gasteiger partial charge in [0.2, 0.25) is 10.0 Å². The molecular weight excluding hydrogens is 584 g/mol. The number of carbonyl (C=O) groups excluding carboxylic acids is 1. The number of amides is 2. The summed E-state index contributed by atoms with van der Waals surface area (Å²) in [6.45, 7) is 1.17. The summed E-state index contributed by atoms with van der Waals surface area (Å²) in [6, 6.07) is 27.3. The van der Waals surface area contributed by atoms with Crippen LogP contribution in [0.15, 0.2) is 84.9 Å². The molecule has 0 unspecified atom stereocenters. The fourth-order valence-corrected chi connectivity index (χ4v) is 6.35. The fraction of sp³-hybridized carbons (Fsp3) is 0.241. The number of aromatic nitrogens is 1. The number of thiazole rings is 1. The van der Waals surface area contributed by atoms with Crippen LogP contribution < -0.4 is 10.0 Å². The summed E-state index contributed by atoms with van der Waals surface area (Å²) in [4.78, 5) is 19.8. The van der Waals surface area contributed by atoms with E-state index in [-0.39, 0.29) is 11.9 Å². The molecule has 40 heavy (non-hydrogen) atoms. The van der Waals surface area contributed by atoms with Crippen molar-refractivity contribution in [3.05, 3.63) is 100 Å². The third-order valence-electron chi connectivity index (χ3n) is 6.21. The molecule has 4 aromatic rings. The van der Waals surface area contributed by atoms with Crippen molar-refractivity contribution >= 4 is 61.6 Å². The van der Waals surface area contributed by atoms with Gasteiger partial charge in [-0.1, -0.05) is 95.7 Å². The quantitative estimate of drug-likeness (QED) is 0.175. The van der Waals surface area contributed by atoms with Gasteiger partial charge in [-0.2, -0.15) is 11.8 Å². The van der Waals surface area contributed by atoms with Gasteiger partial charge in [0.15, 0.2) is 5.13 Å². The Hall–Kier alpha value is -3.05. The van der Waals surface area contributed by atoms with E-state index < -0.39 is 10.0 Å². The number of urea groups is 1. The van der Waals surface area contributed by atoms with Gasteiger partial charge in [0.25, 0.3) is 0 Å². The minimum Gasteiger partial charge on any atom is -0.324 e. The molecule has 3 aromatic carbocycles. The molecule has 0 fully saturated rings. The third kappa shape index (κ3) is 8.47. The third-order valence-corrected chi connectivity index (χ3v) is 8.57. The minimum absolute atomic E-state index is 0.160. The summed E-state index contributed by atoms with van der Waals surface area (Å²) < 4.78 is 25.8. The van der Waals surface area contributed by atoms with Crippen LogP contribution >= 0.6 is 34.7 Å². The zero-order chi connectivity index (χ0) is 28.5. The molecule has 0 aliphatic rings. The monoisotopic (exact) mass is 614 g/mol. The maximum Gasteiger partial charge on any atom is 0.323 e. The van der Waals surface area contributed by atoms with Crippen LogP contribution in [-0.2, 0) is 10.0 Å². The van der Waals surface area contributed by atoms with Gasteiger partial charge < -0.3 is 4.90 Å². The van der Waals surface area contributed by atoms with E-state index >= 15 is 0 Å². The number of benzene rings is 3. The van der Waals surface area contributed by atoms with Crippen LogP contribution in [0, 0.1) is 0 Å². The van der Waals surface area contributed by atoms with Gasteiger partial charge in [-0.3, -0.25) is 10.0 Å². The van der Waals surface area contributed by atoms with E-state index in [2.05, 4.69) is 39.3 Å². The topological polar surface area (TPSA) is 91.4 Å². The van der Waals surface area contributed by atoms with Crippen LogP contribution in [0.5, 0.6) is 0 Å². The van der Waals surface area contributed by atoms with Gasteiger partial charge in [-0.15, -0.1) is 0 Å². The largest absolute Gasteiger partial charge is 0.324 e. The molecule has 0 radical (unpaired) electrons. The predicted octanol–water partition coefficient (Wildman–Crippen LogP) is 7.25. The first-order valence-corrected chi connectivity index (χ1v) is 17.1. The maximum atomic E-state index is 13.4. The van der Waals surface area contributed by atoms with Crippen LogP contribution in [0.2, 0.25) is 4.34 Å². The highest BCUT2D eigenvalue weighted by atomic mass is 35.5. The Morgan fingerprint density at radius 2 is 1.57 bits per heavy atom. The summed E-state index contributed by atoms with van der Waals surface area (Å²) in [5, 5.41) is 3.34. The first-order chi connectivity index (χ1) is 19.2. The van der Waals surface area contributed by atoms with Crippen LogP contribution in [0.1, 0.15) is 23.5 Å². The summed E-state index contributed by atoms with van der Waals surface area (Å²) in [6.07, 6.45) is 3.89. The van der Waals surface area contributed by atoms with Gasteiger partial charge >= 0.3 is 6.03 Å². The summed E-state index contributed by atoms with van der Waals surface area (Å²) in [5.41, 5.74) is 4.12. The number of rotatable bonds is 12. The molecule has 0 aliphatic carbocycles. The smallest absolute Gasteiger partial charge is 0.323 e. The van der Waals surface area contributed by atoms with Crippen molar-refractivity contribution in [3.8, 4) is 11.3 Å². The van der Waals surface area contributed by atoms with E-state index in [0.717, 1.165) is 18.4 Å². The second-order valence-electron chi connectivity index (χ2n) is 9.17. The molecule has 11 heteroatoms. The van der Waals surface area contributed by atoms with Crippen LogP contribution in [0.4, 0.5) is 15.6 Å². The lowest BCUT2D eigenvalue weighted by atomic mass is 9.88. The number of hydrogen-bond acceptors (Lipinski definition) is 6. The van der Waals surface area contributed by atoms with Crippen molar-refractivity contribution in [2.24, 2.45) is 0 Å². The molecule has 0 atom stereocenters. The fourth-order valence-electron chi connectivity index (χ4n) is 4.31. The molecule has 0 aliphatic heterocycles. The summed E-state index contributed by atoms with van der Waals surface area (Å²) in [7, 11) is -3.37. The van der Waals surface area contributed by atoms with Gasteiger partial charge in [-0.25, -0.2) is 18.2 Å². The van der Waals surface area contributed by atoms with Gasteiger partial charge in [0.05, 0.1) is 6.26 Å². The van der Waals surface area contributed by atoms with Crippen LogP contribution in [0.25, 0.3) is 11.3 Å². The number of anilines is 2. The number of halogens is 1. The molecule has 1 aromatic heterocycles. The molecule has 7 nitrogen and oxygen atoms in total. The van der Waals surface area contributed by atoms with E-state index in [1.54, 1.807) is 36.0 Å². The zero-order valence-electron chi connectivity index (χ0n) is 22.2. The summed E-state index contributed by atoms with van der Waals surface area (Å²) >= 11 is 9.37. The average Bonchev–Trinajstić information content (AvgIpc) is 3.30. The molecule has 0 spiro atoms. The standard InChI is InChI=1S/C29H31ClN4O3S3/c1-38-20-19-34(18-17-25(21-9-5-3-6-10-21)22-11-7-4-8-12-22)29(35)32-28-31-26(27(30)39-28)23-13-15-24(16-14-23)33-40(2,36)37/h3-16,25,33H,17-20H2,1-2H3,(H,31,32,35). The molecule has 0 saturated carbocycles.